The molecule has 0 N–H and O–H groups in total. The molecule has 0 radical (unpaired) electrons. The molecule has 1 aliphatic heterocycles. The number of piperazine rings is 1. The maximum Gasteiger partial charge on any atom is 0.236 e. The first-order chi connectivity index (χ1) is 10.6. The molecule has 0 atom stereocenters. The van der Waals surface area contributed by atoms with Crippen molar-refractivity contribution in [2.75, 3.05) is 60.0 Å². The van der Waals surface area contributed by atoms with Gasteiger partial charge in [0.25, 0.3) is 0 Å². The Kier molecular flexibility index (Phi) is 6.42. The Labute approximate surface area is 132 Å². The summed E-state index contributed by atoms with van der Waals surface area (Å²) in [5.74, 6) is 1.85. The summed E-state index contributed by atoms with van der Waals surface area (Å²) in [5, 5.41) is 0. The summed E-state index contributed by atoms with van der Waals surface area (Å²) in [7, 11) is 3.56. The number of nitrogens with zero attached hydrogens (tertiary/aromatic N) is 3. The van der Waals surface area contributed by atoms with Crippen LogP contribution in [-0.2, 0) is 16.1 Å². The van der Waals surface area contributed by atoms with Crippen molar-refractivity contribution in [2.24, 2.45) is 0 Å². The summed E-state index contributed by atoms with van der Waals surface area (Å²) < 4.78 is 10.6. The Morgan fingerprint density at radius 1 is 1.27 bits per heavy atom. The molecule has 124 valence electrons. The molecule has 1 saturated heterocycles. The van der Waals surface area contributed by atoms with Gasteiger partial charge in [0.05, 0.1) is 19.7 Å². The summed E-state index contributed by atoms with van der Waals surface area (Å²) in [6, 6.07) is 3.85. The van der Waals surface area contributed by atoms with Gasteiger partial charge in [-0.15, -0.1) is 0 Å². The lowest BCUT2D eigenvalue weighted by Gasteiger charge is -2.34. The Morgan fingerprint density at radius 2 is 1.95 bits per heavy atom. The van der Waals surface area contributed by atoms with E-state index in [1.165, 1.54) is 0 Å². The van der Waals surface area contributed by atoms with Crippen molar-refractivity contribution in [3.8, 4) is 0 Å². The average Bonchev–Trinajstić information content (AvgIpc) is 2.91. The van der Waals surface area contributed by atoms with Crippen molar-refractivity contribution >= 4 is 5.91 Å². The number of amides is 1. The fraction of sp³-hybridized carbons (Fsp3) is 0.688. The third-order valence-corrected chi connectivity index (χ3v) is 4.05. The van der Waals surface area contributed by atoms with E-state index in [0.717, 1.165) is 50.9 Å². The summed E-state index contributed by atoms with van der Waals surface area (Å²) in [4.78, 5) is 18.6. The first kappa shape index (κ1) is 17.0. The minimum Gasteiger partial charge on any atom is -0.464 e. The lowest BCUT2D eigenvalue weighted by molar-refractivity contribution is -0.132. The molecule has 1 aliphatic rings. The van der Waals surface area contributed by atoms with Crippen LogP contribution in [0.25, 0.3) is 0 Å². The first-order valence-electron chi connectivity index (χ1n) is 7.81. The molecule has 0 aliphatic carbocycles. The molecule has 22 heavy (non-hydrogen) atoms. The van der Waals surface area contributed by atoms with Gasteiger partial charge in [-0.1, -0.05) is 0 Å². The van der Waals surface area contributed by atoms with Gasteiger partial charge < -0.3 is 14.1 Å². The topological polar surface area (TPSA) is 49.2 Å². The standard InChI is InChI=1S/C16H27N3O3/c1-14-4-5-15(22-14)12-17(2)16(20)13-19-8-6-18(7-9-19)10-11-21-3/h4-5H,6-13H2,1-3H3. The number of carbonyl (C=O) groups excluding carboxylic acids is 1. The van der Waals surface area contributed by atoms with Crippen LogP contribution in [0.5, 0.6) is 0 Å². The Morgan fingerprint density at radius 3 is 2.55 bits per heavy atom. The van der Waals surface area contributed by atoms with Gasteiger partial charge in [-0.3, -0.25) is 14.6 Å². The van der Waals surface area contributed by atoms with E-state index in [4.69, 9.17) is 9.15 Å². The Bertz CT molecular complexity index is 467. The van der Waals surface area contributed by atoms with Gasteiger partial charge in [0.2, 0.25) is 5.91 Å². The number of hydrogen-bond acceptors (Lipinski definition) is 5. The molecule has 0 bridgehead atoms. The quantitative estimate of drug-likeness (QED) is 0.746. The number of methoxy groups -OCH3 is 1. The highest BCUT2D eigenvalue weighted by molar-refractivity contribution is 5.77. The third-order valence-electron chi connectivity index (χ3n) is 4.05. The third kappa shape index (κ3) is 5.12. The lowest BCUT2D eigenvalue weighted by atomic mass is 10.3. The smallest absolute Gasteiger partial charge is 0.236 e. The van der Waals surface area contributed by atoms with E-state index < -0.39 is 0 Å². The number of rotatable bonds is 7. The first-order valence-corrected chi connectivity index (χ1v) is 7.81. The van der Waals surface area contributed by atoms with Crippen LogP contribution in [0.3, 0.4) is 0 Å². The van der Waals surface area contributed by atoms with Gasteiger partial charge in [-0.25, -0.2) is 0 Å². The fourth-order valence-electron chi connectivity index (χ4n) is 2.60. The molecule has 1 amide bonds. The molecular formula is C16H27N3O3. The van der Waals surface area contributed by atoms with E-state index in [-0.39, 0.29) is 5.91 Å². The van der Waals surface area contributed by atoms with Gasteiger partial charge >= 0.3 is 0 Å². The lowest BCUT2D eigenvalue weighted by Crippen LogP contribution is -2.50. The average molecular weight is 309 g/mol. The second kappa shape index (κ2) is 8.31. The van der Waals surface area contributed by atoms with Crippen LogP contribution in [-0.4, -0.2) is 80.6 Å². The van der Waals surface area contributed by atoms with Crippen LogP contribution < -0.4 is 0 Å². The number of ether oxygens (including phenoxy) is 1. The molecule has 0 saturated carbocycles. The summed E-state index contributed by atoms with van der Waals surface area (Å²) in [6.45, 7) is 8.52. The number of furan rings is 1. The maximum absolute atomic E-state index is 12.3. The molecule has 2 rings (SSSR count). The zero-order valence-corrected chi connectivity index (χ0v) is 13.9. The van der Waals surface area contributed by atoms with Gasteiger partial charge in [0.15, 0.2) is 0 Å². The van der Waals surface area contributed by atoms with Crippen molar-refractivity contribution in [1.82, 2.24) is 14.7 Å². The van der Waals surface area contributed by atoms with Gasteiger partial charge in [-0.2, -0.15) is 0 Å². The molecule has 6 heteroatoms. The molecule has 0 aromatic carbocycles. The highest BCUT2D eigenvalue weighted by Crippen LogP contribution is 2.09. The van der Waals surface area contributed by atoms with Crippen molar-refractivity contribution in [3.63, 3.8) is 0 Å². The Hall–Kier alpha value is -1.37. The van der Waals surface area contributed by atoms with Gasteiger partial charge in [0.1, 0.15) is 11.5 Å². The molecular weight excluding hydrogens is 282 g/mol. The number of hydrogen-bond donors (Lipinski definition) is 0. The zero-order valence-electron chi connectivity index (χ0n) is 13.9. The van der Waals surface area contributed by atoms with Crippen molar-refractivity contribution < 1.29 is 13.9 Å². The van der Waals surface area contributed by atoms with E-state index in [2.05, 4.69) is 9.80 Å². The zero-order chi connectivity index (χ0) is 15.9. The van der Waals surface area contributed by atoms with Crippen LogP contribution in [0.1, 0.15) is 11.5 Å². The van der Waals surface area contributed by atoms with Crippen LogP contribution >= 0.6 is 0 Å². The second-order valence-electron chi connectivity index (χ2n) is 5.87. The van der Waals surface area contributed by atoms with Crippen LogP contribution in [0.4, 0.5) is 0 Å². The molecule has 0 unspecified atom stereocenters. The molecule has 6 nitrogen and oxygen atoms in total. The van der Waals surface area contributed by atoms with Crippen molar-refractivity contribution in [1.29, 1.82) is 0 Å². The SMILES string of the molecule is COCCN1CCN(CC(=O)N(C)Cc2ccc(C)o2)CC1. The summed E-state index contributed by atoms with van der Waals surface area (Å²) in [6.07, 6.45) is 0. The van der Waals surface area contributed by atoms with Crippen LogP contribution in [0, 0.1) is 6.92 Å². The highest BCUT2D eigenvalue weighted by atomic mass is 16.5. The van der Waals surface area contributed by atoms with Crippen molar-refractivity contribution in [3.05, 3.63) is 23.7 Å². The molecule has 1 fully saturated rings. The molecule has 1 aromatic heterocycles. The van der Waals surface area contributed by atoms with Gasteiger partial charge in [0, 0.05) is 46.9 Å². The number of likely N-dealkylation sites (N-methyl/N-ethyl adjacent to an activating group) is 1. The number of aryl methyl sites for hydroxylation is 1. The van der Waals surface area contributed by atoms with E-state index in [0.29, 0.717) is 13.1 Å². The predicted octanol–water partition coefficient (Wildman–Crippen LogP) is 0.810. The minimum atomic E-state index is 0.138. The van der Waals surface area contributed by atoms with E-state index >= 15 is 0 Å². The van der Waals surface area contributed by atoms with Crippen molar-refractivity contribution in [2.45, 2.75) is 13.5 Å². The molecule has 0 spiro atoms. The maximum atomic E-state index is 12.3. The van der Waals surface area contributed by atoms with Crippen LogP contribution in [0.2, 0.25) is 0 Å². The summed E-state index contributed by atoms with van der Waals surface area (Å²) >= 11 is 0. The predicted molar refractivity (Wildman–Crippen MR) is 84.7 cm³/mol. The van der Waals surface area contributed by atoms with E-state index in [9.17, 15) is 4.79 Å². The Balaban J connectivity index is 1.71. The van der Waals surface area contributed by atoms with E-state index in [1.807, 2.05) is 26.1 Å². The number of carbonyl (C=O) groups is 1. The largest absolute Gasteiger partial charge is 0.464 e. The van der Waals surface area contributed by atoms with E-state index in [1.54, 1.807) is 12.0 Å². The molecule has 1 aromatic rings. The fourth-order valence-corrected chi connectivity index (χ4v) is 2.60. The summed E-state index contributed by atoms with van der Waals surface area (Å²) in [5.41, 5.74) is 0. The monoisotopic (exact) mass is 309 g/mol. The normalized spacial score (nSPS) is 16.9. The minimum absolute atomic E-state index is 0.138. The van der Waals surface area contributed by atoms with Crippen LogP contribution in [0.15, 0.2) is 16.5 Å². The second-order valence-corrected chi connectivity index (χ2v) is 5.87. The van der Waals surface area contributed by atoms with Gasteiger partial charge in [-0.05, 0) is 19.1 Å². The molecule has 2 heterocycles. The highest BCUT2D eigenvalue weighted by Gasteiger charge is 2.20.